The van der Waals surface area contributed by atoms with Crippen LogP contribution in [0.2, 0.25) is 0 Å². The molecule has 10 rings (SSSR count). The molecule has 1 N–H and O–H groups in total. The van der Waals surface area contributed by atoms with Crippen LogP contribution in [0.3, 0.4) is 0 Å². The number of para-hydroxylation sites is 4. The van der Waals surface area contributed by atoms with Gasteiger partial charge < -0.3 is 14.2 Å². The number of aliphatic imine (C=N–C) groups is 1. The number of hydrogen-bond donors (Lipinski definition) is 1. The summed E-state index contributed by atoms with van der Waals surface area (Å²) in [5.74, 6) is 0.636. The topological polar surface area (TPSA) is 76.5 Å². The highest BCUT2D eigenvalue weighted by molar-refractivity contribution is 6.16. The van der Waals surface area contributed by atoms with E-state index in [1.54, 1.807) is 0 Å². The molecule has 1 atom stereocenters. The van der Waals surface area contributed by atoms with Crippen molar-refractivity contribution in [2.75, 3.05) is 0 Å². The quantitative estimate of drug-likeness (QED) is 0.212. The molecule has 6 aromatic carbocycles. The summed E-state index contributed by atoms with van der Waals surface area (Å²) in [5, 5.41) is 10.2. The Hall–Kier alpha value is -6.53. The van der Waals surface area contributed by atoms with Crippen LogP contribution in [0.4, 0.5) is 0 Å². The van der Waals surface area contributed by atoms with E-state index in [-0.39, 0.29) is 6.17 Å². The average molecular weight is 619 g/mol. The lowest BCUT2D eigenvalue weighted by Gasteiger charge is -2.19. The van der Waals surface area contributed by atoms with E-state index in [1.165, 1.54) is 0 Å². The second kappa shape index (κ2) is 10.5. The van der Waals surface area contributed by atoms with Crippen molar-refractivity contribution in [2.24, 2.45) is 4.99 Å². The number of furan rings is 2. The summed E-state index contributed by atoms with van der Waals surface area (Å²) >= 11 is 0. The molecule has 0 fully saturated rings. The van der Waals surface area contributed by atoms with Gasteiger partial charge in [-0.15, -0.1) is 0 Å². The molecule has 6 heteroatoms. The van der Waals surface area contributed by atoms with Crippen molar-refractivity contribution in [2.45, 2.75) is 6.17 Å². The highest BCUT2D eigenvalue weighted by Crippen LogP contribution is 2.37. The van der Waals surface area contributed by atoms with E-state index in [4.69, 9.17) is 23.8 Å². The molecule has 3 aromatic heterocycles. The predicted octanol–water partition coefficient (Wildman–Crippen LogP) is 10.5. The van der Waals surface area contributed by atoms with Crippen molar-refractivity contribution in [1.29, 1.82) is 0 Å². The second-order valence-electron chi connectivity index (χ2n) is 12.1. The zero-order chi connectivity index (χ0) is 31.6. The summed E-state index contributed by atoms with van der Waals surface area (Å²) in [5.41, 5.74) is 9.44. The van der Waals surface area contributed by atoms with E-state index in [0.717, 1.165) is 88.0 Å². The van der Waals surface area contributed by atoms with Crippen molar-refractivity contribution in [1.82, 2.24) is 15.3 Å². The lowest BCUT2D eigenvalue weighted by atomic mass is 9.96. The zero-order valence-electron chi connectivity index (χ0n) is 25.6. The molecule has 0 saturated carbocycles. The van der Waals surface area contributed by atoms with Crippen molar-refractivity contribution < 1.29 is 8.83 Å². The first-order valence-electron chi connectivity index (χ1n) is 15.9. The van der Waals surface area contributed by atoms with E-state index < -0.39 is 0 Å². The zero-order valence-corrected chi connectivity index (χ0v) is 25.6. The summed E-state index contributed by atoms with van der Waals surface area (Å²) in [7, 11) is 0. The van der Waals surface area contributed by atoms with Gasteiger partial charge in [0.2, 0.25) is 0 Å². The van der Waals surface area contributed by atoms with Gasteiger partial charge in [0.05, 0.1) is 5.56 Å². The number of hydrogen-bond acceptors (Lipinski definition) is 6. The number of allylic oxidation sites excluding steroid dienone is 1. The Labute approximate surface area is 274 Å². The van der Waals surface area contributed by atoms with Crippen LogP contribution in [-0.2, 0) is 0 Å². The van der Waals surface area contributed by atoms with Gasteiger partial charge in [0.25, 0.3) is 0 Å². The lowest BCUT2D eigenvalue weighted by molar-refractivity contribution is 0.620. The predicted molar refractivity (Wildman–Crippen MR) is 194 cm³/mol. The van der Waals surface area contributed by atoms with Crippen LogP contribution in [0.5, 0.6) is 0 Å². The van der Waals surface area contributed by atoms with Crippen LogP contribution in [0.1, 0.15) is 17.3 Å². The van der Waals surface area contributed by atoms with Crippen LogP contribution in [-0.4, -0.2) is 16.2 Å². The van der Waals surface area contributed by atoms with Crippen LogP contribution < -0.4 is 5.32 Å². The van der Waals surface area contributed by atoms with Crippen molar-refractivity contribution in [3.63, 3.8) is 0 Å². The van der Waals surface area contributed by atoms with Gasteiger partial charge in [-0.2, -0.15) is 0 Å². The molecule has 0 bridgehead atoms. The number of aromatic nitrogens is 2. The number of rotatable bonds is 4. The fourth-order valence-corrected chi connectivity index (χ4v) is 6.96. The van der Waals surface area contributed by atoms with Gasteiger partial charge in [0.15, 0.2) is 5.82 Å². The minimum Gasteiger partial charge on any atom is -0.456 e. The third kappa shape index (κ3) is 4.16. The minimum absolute atomic E-state index is 0.235. The van der Waals surface area contributed by atoms with Crippen LogP contribution in [0, 0.1) is 0 Å². The Balaban J connectivity index is 0.942. The molecule has 0 saturated heterocycles. The Morgan fingerprint density at radius 2 is 1.21 bits per heavy atom. The molecule has 0 radical (unpaired) electrons. The second-order valence-corrected chi connectivity index (χ2v) is 12.1. The lowest BCUT2D eigenvalue weighted by Crippen LogP contribution is -2.18. The Bertz CT molecular complexity index is 2770. The Kier molecular flexibility index (Phi) is 5.84. The van der Waals surface area contributed by atoms with Crippen LogP contribution >= 0.6 is 0 Å². The molecule has 1 aliphatic heterocycles. The van der Waals surface area contributed by atoms with Crippen molar-refractivity contribution in [3.05, 3.63) is 151 Å². The van der Waals surface area contributed by atoms with Crippen molar-refractivity contribution in [3.8, 4) is 22.5 Å². The molecule has 1 aliphatic rings. The van der Waals surface area contributed by atoms with E-state index in [0.29, 0.717) is 5.82 Å². The molecule has 0 amide bonds. The van der Waals surface area contributed by atoms with Gasteiger partial charge in [-0.3, -0.25) is 4.99 Å². The van der Waals surface area contributed by atoms with Gasteiger partial charge in [-0.1, -0.05) is 97.1 Å². The van der Waals surface area contributed by atoms with Gasteiger partial charge in [0.1, 0.15) is 28.5 Å². The standard InChI is InChI=1S/C42H26N4O2/c1-3-16-37-31(9-1)33-12-6-14-35(39(33)47-37)41-43-21-27(22-44-41)25-18-19-30-26(20-25)8-5-11-29(30)28-23-45-42(46-24-28)36-15-7-13-34-32-10-2-4-17-38(32)48-40(34)36/h1-24,42,45H. The van der Waals surface area contributed by atoms with E-state index in [2.05, 4.69) is 84.3 Å². The fraction of sp³-hybridized carbons (Fsp3) is 0.0238. The summed E-state index contributed by atoms with van der Waals surface area (Å²) in [6.07, 6.45) is 7.55. The fourth-order valence-electron chi connectivity index (χ4n) is 6.96. The monoisotopic (exact) mass is 618 g/mol. The number of benzene rings is 6. The van der Waals surface area contributed by atoms with Crippen molar-refractivity contribution >= 4 is 66.4 Å². The number of nitrogens with zero attached hydrogens (tertiary/aromatic N) is 3. The third-order valence-corrected chi connectivity index (χ3v) is 9.31. The van der Waals surface area contributed by atoms with Crippen LogP contribution in [0.25, 0.3) is 82.7 Å². The van der Waals surface area contributed by atoms with E-state index in [9.17, 15) is 0 Å². The SMILES string of the molecule is C1=NC(c2cccc3c2oc2ccccc23)NC=C1c1cccc2cc(-c3cnc(-c4cccc5c4oc4ccccc45)nc3)ccc12. The smallest absolute Gasteiger partial charge is 0.162 e. The summed E-state index contributed by atoms with van der Waals surface area (Å²) < 4.78 is 12.5. The Morgan fingerprint density at radius 3 is 1.98 bits per heavy atom. The number of fused-ring (bicyclic) bond motifs is 7. The third-order valence-electron chi connectivity index (χ3n) is 9.31. The van der Waals surface area contributed by atoms with Crippen LogP contribution in [0.15, 0.2) is 154 Å². The maximum absolute atomic E-state index is 6.26. The summed E-state index contributed by atoms with van der Waals surface area (Å²) in [6, 6.07) is 41.4. The molecule has 48 heavy (non-hydrogen) atoms. The molecule has 1 unspecified atom stereocenters. The normalized spacial score (nSPS) is 14.7. The van der Waals surface area contributed by atoms with E-state index in [1.807, 2.05) is 67.1 Å². The Morgan fingerprint density at radius 1 is 0.542 bits per heavy atom. The maximum Gasteiger partial charge on any atom is 0.162 e. The largest absolute Gasteiger partial charge is 0.456 e. The average Bonchev–Trinajstić information content (AvgIpc) is 3.73. The first-order valence-corrected chi connectivity index (χ1v) is 15.9. The van der Waals surface area contributed by atoms with E-state index >= 15 is 0 Å². The number of nitrogens with one attached hydrogen (secondary N) is 1. The first-order chi connectivity index (χ1) is 23.8. The maximum atomic E-state index is 6.26. The summed E-state index contributed by atoms with van der Waals surface area (Å²) in [4.78, 5) is 14.5. The highest BCUT2D eigenvalue weighted by Gasteiger charge is 2.20. The van der Waals surface area contributed by atoms with Gasteiger partial charge >= 0.3 is 0 Å². The minimum atomic E-state index is -0.235. The molecule has 9 aromatic rings. The molecule has 226 valence electrons. The van der Waals surface area contributed by atoms with Gasteiger partial charge in [0, 0.05) is 63.1 Å². The van der Waals surface area contributed by atoms with Gasteiger partial charge in [-0.25, -0.2) is 9.97 Å². The molecule has 4 heterocycles. The molecular formula is C42H26N4O2. The molecule has 6 nitrogen and oxygen atoms in total. The van der Waals surface area contributed by atoms with Gasteiger partial charge in [-0.05, 0) is 46.2 Å². The molecular weight excluding hydrogens is 592 g/mol. The first kappa shape index (κ1) is 26.7. The molecule has 0 spiro atoms. The summed E-state index contributed by atoms with van der Waals surface area (Å²) in [6.45, 7) is 0. The highest BCUT2D eigenvalue weighted by atomic mass is 16.3. The molecule has 0 aliphatic carbocycles.